The zero-order chi connectivity index (χ0) is 51.8. The van der Waals surface area contributed by atoms with Crippen LogP contribution in [0, 0.1) is 18.8 Å². The van der Waals surface area contributed by atoms with Gasteiger partial charge in [0.05, 0.1) is 0 Å². The van der Waals surface area contributed by atoms with Crippen LogP contribution in [0.1, 0.15) is 49.9 Å². The molecule has 78 heavy (non-hydrogen) atoms. The van der Waals surface area contributed by atoms with Crippen LogP contribution in [0.2, 0.25) is 0 Å². The van der Waals surface area contributed by atoms with Crippen molar-refractivity contribution < 1.29 is 25.8 Å². The molecular formula is C72H53N4OPt-3. The molecule has 14 rings (SSSR count). The molecule has 0 saturated carbocycles. The number of anilines is 4. The largest absolute Gasteiger partial charge is 0.509 e. The van der Waals surface area contributed by atoms with Gasteiger partial charge in [-0.3, -0.25) is 0 Å². The summed E-state index contributed by atoms with van der Waals surface area (Å²) in [6.45, 7) is 11.4. The molecule has 1 aliphatic carbocycles. The summed E-state index contributed by atoms with van der Waals surface area (Å²) in [5.74, 6) is 1.97. The Morgan fingerprint density at radius 1 is 0.500 bits per heavy atom. The van der Waals surface area contributed by atoms with Crippen LogP contribution in [0.4, 0.5) is 22.7 Å². The van der Waals surface area contributed by atoms with Crippen molar-refractivity contribution in [2.45, 2.75) is 38.5 Å². The molecular weight excluding hydrogens is 1130 g/mol. The second-order valence-corrected chi connectivity index (χ2v) is 21.4. The minimum absolute atomic E-state index is 0. The number of rotatable bonds is 9. The maximum atomic E-state index is 7.16. The van der Waals surface area contributed by atoms with E-state index < -0.39 is 5.41 Å². The zero-order valence-electron chi connectivity index (χ0n) is 43.7. The number of pyridine rings is 1. The van der Waals surface area contributed by atoms with Crippen molar-refractivity contribution in [2.24, 2.45) is 0 Å². The molecule has 3 heterocycles. The van der Waals surface area contributed by atoms with Crippen LogP contribution in [0.25, 0.3) is 72.1 Å². The standard InChI is InChI=1S/C72H53N4O.Pt/c1-71(2,3)52-41-59(49-25-10-6-11-26-49)70(60(42-52)50-27-12-7-13-28-50)75-47-74(65-37-20-21-38-66(65)75)53-29-22-30-54(44-53)77-68-46-67-61(45-58(68)48-23-8-5-9-24-48)57-33-16-19-36-64(57)76(67)69-43-51(39-40-73-69)72(4)62-34-17-14-31-55(62)56-32-15-18-35-63(56)72;/h5-43,45,47H,1-4H3;/q-3;. The molecule has 2 aromatic heterocycles. The van der Waals surface area contributed by atoms with Crippen LogP contribution in [-0.4, -0.2) is 9.55 Å². The molecule has 0 spiro atoms. The van der Waals surface area contributed by atoms with Crippen molar-refractivity contribution in [3.05, 3.63) is 284 Å². The van der Waals surface area contributed by atoms with Crippen LogP contribution >= 0.6 is 0 Å². The first-order valence-corrected chi connectivity index (χ1v) is 26.4. The van der Waals surface area contributed by atoms with Crippen molar-refractivity contribution in [3.63, 3.8) is 0 Å². The van der Waals surface area contributed by atoms with Crippen molar-refractivity contribution >= 4 is 44.6 Å². The molecule has 12 aromatic rings. The summed E-state index contributed by atoms with van der Waals surface area (Å²) in [4.78, 5) is 9.72. The number of fused-ring (bicyclic) bond motifs is 7. The van der Waals surface area contributed by atoms with Crippen LogP contribution in [0.3, 0.4) is 0 Å². The topological polar surface area (TPSA) is 33.5 Å². The van der Waals surface area contributed by atoms with E-state index in [2.05, 4.69) is 285 Å². The summed E-state index contributed by atoms with van der Waals surface area (Å²) in [6.07, 6.45) is 1.96. The Morgan fingerprint density at radius 3 is 1.68 bits per heavy atom. The van der Waals surface area contributed by atoms with Gasteiger partial charge in [0, 0.05) is 77.9 Å². The predicted molar refractivity (Wildman–Crippen MR) is 317 cm³/mol. The molecule has 0 fully saturated rings. The van der Waals surface area contributed by atoms with Gasteiger partial charge in [0.1, 0.15) is 5.82 Å². The van der Waals surface area contributed by atoms with Crippen molar-refractivity contribution in [3.8, 4) is 61.8 Å². The normalized spacial score (nSPS) is 13.3. The monoisotopic (exact) mass is 1180 g/mol. The molecule has 1 aliphatic heterocycles. The van der Waals surface area contributed by atoms with Crippen molar-refractivity contribution in [2.75, 3.05) is 9.80 Å². The van der Waals surface area contributed by atoms with E-state index in [0.29, 0.717) is 11.5 Å². The second kappa shape index (κ2) is 19.4. The predicted octanol–water partition coefficient (Wildman–Crippen LogP) is 18.6. The first-order valence-electron chi connectivity index (χ1n) is 26.4. The van der Waals surface area contributed by atoms with Gasteiger partial charge in [-0.1, -0.05) is 207 Å². The van der Waals surface area contributed by atoms with Crippen LogP contribution < -0.4 is 14.5 Å². The molecule has 5 nitrogen and oxygen atoms in total. The Labute approximate surface area is 471 Å². The van der Waals surface area contributed by atoms with Gasteiger partial charge in [-0.25, -0.2) is 4.98 Å². The molecule has 0 N–H and O–H groups in total. The third-order valence-electron chi connectivity index (χ3n) is 15.8. The Balaban J connectivity index is 0.00000579. The smallest absolute Gasteiger partial charge is 0.135 e. The van der Waals surface area contributed by atoms with Gasteiger partial charge >= 0.3 is 0 Å². The number of para-hydroxylation sites is 3. The summed E-state index contributed by atoms with van der Waals surface area (Å²) >= 11 is 0. The van der Waals surface area contributed by atoms with E-state index in [9.17, 15) is 0 Å². The van der Waals surface area contributed by atoms with Crippen molar-refractivity contribution in [1.82, 2.24) is 9.55 Å². The minimum atomic E-state index is -0.390. The fraction of sp³-hybridized carbons (Fsp3) is 0.0833. The molecule has 0 saturated heterocycles. The summed E-state index contributed by atoms with van der Waals surface area (Å²) in [5, 5.41) is 2.17. The molecule has 2 aliphatic rings. The van der Waals surface area contributed by atoms with E-state index in [4.69, 9.17) is 9.72 Å². The fourth-order valence-corrected chi connectivity index (χ4v) is 11.9. The molecule has 380 valence electrons. The van der Waals surface area contributed by atoms with E-state index in [1.807, 2.05) is 18.3 Å². The van der Waals surface area contributed by atoms with E-state index in [-0.39, 0.29) is 26.5 Å². The third-order valence-corrected chi connectivity index (χ3v) is 15.8. The molecule has 0 bridgehead atoms. The average molecular weight is 1190 g/mol. The van der Waals surface area contributed by atoms with Gasteiger partial charge in [0.2, 0.25) is 0 Å². The van der Waals surface area contributed by atoms with Gasteiger partial charge in [-0.05, 0) is 105 Å². The SMILES string of the molecule is CC(C)(C)c1cc(-c2ccccc2)c(N2[CH-]N(c3[c-]c(Oc4[c-]c5c(cc4-c4ccccc4)c4ccccc4n5-c4cc(C5(C)c6ccccc6-c6ccccc65)ccn4)ccc3)c3ccccc32)c(-c2ccccc2)c1.[Pt]. The first-order chi connectivity index (χ1) is 37.7. The molecule has 6 heteroatoms. The van der Waals surface area contributed by atoms with Gasteiger partial charge < -0.3 is 19.1 Å². The summed E-state index contributed by atoms with van der Waals surface area (Å²) in [5.41, 5.74) is 19.6. The summed E-state index contributed by atoms with van der Waals surface area (Å²) < 4.78 is 9.41. The number of nitrogens with zero attached hydrogens (tertiary/aromatic N) is 4. The van der Waals surface area contributed by atoms with Gasteiger partial charge in [-0.15, -0.1) is 42.0 Å². The summed E-state index contributed by atoms with van der Waals surface area (Å²) in [7, 11) is 0. The number of aromatic nitrogens is 2. The molecule has 0 atom stereocenters. The minimum Gasteiger partial charge on any atom is -0.509 e. The Kier molecular flexibility index (Phi) is 12.1. The Morgan fingerprint density at radius 2 is 1.05 bits per heavy atom. The zero-order valence-corrected chi connectivity index (χ0v) is 46.0. The maximum absolute atomic E-state index is 7.16. The molecule has 10 aromatic carbocycles. The van der Waals surface area contributed by atoms with Crippen LogP contribution in [-0.2, 0) is 31.9 Å². The number of hydrogen-bond donors (Lipinski definition) is 0. The fourth-order valence-electron chi connectivity index (χ4n) is 11.9. The molecule has 0 radical (unpaired) electrons. The number of benzene rings is 10. The van der Waals surface area contributed by atoms with Crippen molar-refractivity contribution in [1.29, 1.82) is 0 Å². The number of ether oxygens (including phenoxy) is 1. The quantitative estimate of drug-likeness (QED) is 0.135. The van der Waals surface area contributed by atoms with E-state index >= 15 is 0 Å². The second-order valence-electron chi connectivity index (χ2n) is 21.4. The molecule has 0 amide bonds. The van der Waals surface area contributed by atoms with Crippen LogP contribution in [0.5, 0.6) is 11.5 Å². The molecule has 0 unspecified atom stereocenters. The van der Waals surface area contributed by atoms with E-state index in [0.717, 1.165) is 83.8 Å². The Hall–Kier alpha value is -8.76. The first kappa shape index (κ1) is 48.9. The van der Waals surface area contributed by atoms with Crippen LogP contribution in [0.15, 0.2) is 243 Å². The summed E-state index contributed by atoms with van der Waals surface area (Å²) in [6, 6.07) is 92.0. The maximum Gasteiger partial charge on any atom is 0.135 e. The van der Waals surface area contributed by atoms with E-state index in [1.165, 1.54) is 33.4 Å². The van der Waals surface area contributed by atoms with Gasteiger partial charge in [0.25, 0.3) is 0 Å². The van der Waals surface area contributed by atoms with Gasteiger partial charge in [-0.2, -0.15) is 12.1 Å². The van der Waals surface area contributed by atoms with Gasteiger partial charge in [0.15, 0.2) is 0 Å². The number of hydrogen-bond acceptors (Lipinski definition) is 4. The third kappa shape index (κ3) is 8.07. The Bertz CT molecular complexity index is 4130. The average Bonchev–Trinajstić information content (AvgIpc) is 4.27. The van der Waals surface area contributed by atoms with E-state index in [1.54, 1.807) is 0 Å².